The number of ether oxygens (including phenoxy) is 1. The van der Waals surface area contributed by atoms with Crippen molar-refractivity contribution in [2.45, 2.75) is 37.8 Å². The van der Waals surface area contributed by atoms with Crippen LogP contribution in [0.2, 0.25) is 0 Å². The molecule has 1 unspecified atom stereocenters. The van der Waals surface area contributed by atoms with Crippen LogP contribution in [0.5, 0.6) is 0 Å². The number of hydrogen-bond acceptors (Lipinski definition) is 5. The van der Waals surface area contributed by atoms with Crippen LogP contribution in [0, 0.1) is 0 Å². The van der Waals surface area contributed by atoms with Crippen molar-refractivity contribution in [3.63, 3.8) is 0 Å². The fraction of sp³-hybridized carbons (Fsp3) is 0.304. The van der Waals surface area contributed by atoms with Gasteiger partial charge in [0.2, 0.25) is 0 Å². The highest BCUT2D eigenvalue weighted by Gasteiger charge is 2.26. The van der Waals surface area contributed by atoms with Crippen LogP contribution in [-0.2, 0) is 14.3 Å². The van der Waals surface area contributed by atoms with Crippen LogP contribution in [0.3, 0.4) is 0 Å². The maximum Gasteiger partial charge on any atom is 0.333 e. The van der Waals surface area contributed by atoms with Gasteiger partial charge >= 0.3 is 12.0 Å². The third-order valence-corrected chi connectivity index (χ3v) is 4.97. The largest absolute Gasteiger partial charge is 0.454 e. The van der Waals surface area contributed by atoms with Crippen molar-refractivity contribution in [1.82, 2.24) is 16.0 Å². The quantitative estimate of drug-likeness (QED) is 0.592. The van der Waals surface area contributed by atoms with Gasteiger partial charge in [0.15, 0.2) is 12.6 Å². The van der Waals surface area contributed by atoms with Crippen molar-refractivity contribution in [2.24, 2.45) is 0 Å². The van der Waals surface area contributed by atoms with Crippen LogP contribution in [0.4, 0.5) is 4.79 Å². The molecule has 162 valence electrons. The number of nitrogens with one attached hydrogen (secondary N) is 3. The molecule has 1 fully saturated rings. The summed E-state index contributed by atoms with van der Waals surface area (Å²) >= 11 is 0. The van der Waals surface area contributed by atoms with Crippen molar-refractivity contribution in [1.29, 1.82) is 0 Å². The smallest absolute Gasteiger partial charge is 0.333 e. The molecule has 4 amide bonds. The first-order valence-electron chi connectivity index (χ1n) is 10.2. The molecule has 2 aromatic carbocycles. The number of carbonyl (C=O) groups excluding carboxylic acids is 4. The van der Waals surface area contributed by atoms with Gasteiger partial charge in [-0.15, -0.1) is 0 Å². The van der Waals surface area contributed by atoms with Crippen molar-refractivity contribution >= 4 is 23.8 Å². The average Bonchev–Trinajstić information content (AvgIpc) is 3.29. The molecule has 0 heterocycles. The van der Waals surface area contributed by atoms with E-state index in [4.69, 9.17) is 4.74 Å². The standard InChI is InChI=1S/C23H25N3O5/c27-19(25-23(30)24-18-13-7-8-14-18)15-31-22(29)20(16-9-3-1-4-10-16)26-21(28)17-11-5-2-6-12-17/h1-6,9-12,18,20H,7-8,13-15H2,(H,26,28)(H2,24,25,27,30). The Balaban J connectivity index is 1.57. The van der Waals surface area contributed by atoms with Gasteiger partial charge in [0, 0.05) is 11.6 Å². The van der Waals surface area contributed by atoms with Gasteiger partial charge in [-0.2, -0.15) is 0 Å². The highest BCUT2D eigenvalue weighted by molar-refractivity contribution is 5.98. The molecule has 1 aliphatic rings. The molecular weight excluding hydrogens is 398 g/mol. The number of carbonyl (C=O) groups is 4. The van der Waals surface area contributed by atoms with Crippen LogP contribution < -0.4 is 16.0 Å². The predicted octanol–water partition coefficient (Wildman–Crippen LogP) is 2.47. The summed E-state index contributed by atoms with van der Waals surface area (Å²) in [5.41, 5.74) is 0.897. The summed E-state index contributed by atoms with van der Waals surface area (Å²) in [5, 5.41) is 7.51. The number of urea groups is 1. The topological polar surface area (TPSA) is 114 Å². The van der Waals surface area contributed by atoms with Gasteiger partial charge < -0.3 is 15.4 Å². The Bertz CT molecular complexity index is 911. The third kappa shape index (κ3) is 6.67. The molecule has 8 nitrogen and oxygen atoms in total. The lowest BCUT2D eigenvalue weighted by Crippen LogP contribution is -2.45. The lowest BCUT2D eigenvalue weighted by molar-refractivity contribution is -0.150. The number of imide groups is 1. The van der Waals surface area contributed by atoms with Gasteiger partial charge in [0.05, 0.1) is 0 Å². The molecule has 1 saturated carbocycles. The Hall–Kier alpha value is -3.68. The highest BCUT2D eigenvalue weighted by atomic mass is 16.5. The number of esters is 1. The normalized spacial score (nSPS) is 14.3. The van der Waals surface area contributed by atoms with E-state index in [1.807, 2.05) is 0 Å². The van der Waals surface area contributed by atoms with Gasteiger partial charge in [-0.1, -0.05) is 61.4 Å². The maximum atomic E-state index is 12.7. The summed E-state index contributed by atoms with van der Waals surface area (Å²) in [7, 11) is 0. The van der Waals surface area contributed by atoms with E-state index in [2.05, 4.69) is 16.0 Å². The third-order valence-electron chi connectivity index (χ3n) is 4.97. The highest BCUT2D eigenvalue weighted by Crippen LogP contribution is 2.17. The van der Waals surface area contributed by atoms with Crippen molar-refractivity contribution in [2.75, 3.05) is 6.61 Å². The van der Waals surface area contributed by atoms with Crippen molar-refractivity contribution < 1.29 is 23.9 Å². The summed E-state index contributed by atoms with van der Waals surface area (Å²) < 4.78 is 5.08. The second-order valence-electron chi connectivity index (χ2n) is 7.29. The second kappa shape index (κ2) is 10.9. The maximum absolute atomic E-state index is 12.7. The van der Waals surface area contributed by atoms with E-state index in [-0.39, 0.29) is 6.04 Å². The molecule has 2 aromatic rings. The Morgan fingerprint density at radius 3 is 2.16 bits per heavy atom. The summed E-state index contributed by atoms with van der Waals surface area (Å²) in [6.07, 6.45) is 3.87. The summed E-state index contributed by atoms with van der Waals surface area (Å²) in [5.74, 6) is -2.00. The molecule has 1 aliphatic carbocycles. The van der Waals surface area contributed by atoms with Gasteiger partial charge in [0.1, 0.15) is 0 Å². The summed E-state index contributed by atoms with van der Waals surface area (Å²) in [4.78, 5) is 49.1. The fourth-order valence-corrected chi connectivity index (χ4v) is 3.40. The van der Waals surface area contributed by atoms with E-state index >= 15 is 0 Å². The SMILES string of the molecule is O=C(COC(=O)C(NC(=O)c1ccccc1)c1ccccc1)NC(=O)NC1CCCC1. The Morgan fingerprint density at radius 1 is 0.903 bits per heavy atom. The van der Waals surface area contributed by atoms with Gasteiger partial charge in [-0.25, -0.2) is 9.59 Å². The van der Waals surface area contributed by atoms with E-state index in [9.17, 15) is 19.2 Å². The van der Waals surface area contributed by atoms with E-state index in [1.165, 1.54) is 0 Å². The molecular formula is C23H25N3O5. The molecule has 8 heteroatoms. The number of rotatable bonds is 7. The monoisotopic (exact) mass is 423 g/mol. The zero-order valence-electron chi connectivity index (χ0n) is 17.0. The van der Waals surface area contributed by atoms with Crippen LogP contribution in [-0.4, -0.2) is 36.5 Å². The Kier molecular flexibility index (Phi) is 7.75. The Labute approximate surface area is 180 Å². The van der Waals surface area contributed by atoms with Gasteiger partial charge in [-0.05, 0) is 30.5 Å². The minimum Gasteiger partial charge on any atom is -0.454 e. The van der Waals surface area contributed by atoms with Crippen LogP contribution >= 0.6 is 0 Å². The average molecular weight is 423 g/mol. The molecule has 1 atom stereocenters. The van der Waals surface area contributed by atoms with E-state index in [1.54, 1.807) is 60.7 Å². The first-order valence-corrected chi connectivity index (χ1v) is 10.2. The molecule has 31 heavy (non-hydrogen) atoms. The van der Waals surface area contributed by atoms with Crippen LogP contribution in [0.1, 0.15) is 47.6 Å². The van der Waals surface area contributed by atoms with Gasteiger partial charge in [0.25, 0.3) is 11.8 Å². The first-order chi connectivity index (χ1) is 15.0. The van der Waals surface area contributed by atoms with E-state index < -0.39 is 36.5 Å². The lowest BCUT2D eigenvalue weighted by atomic mass is 10.1. The predicted molar refractivity (Wildman–Crippen MR) is 113 cm³/mol. The van der Waals surface area contributed by atoms with Gasteiger partial charge in [-0.3, -0.25) is 14.9 Å². The van der Waals surface area contributed by atoms with E-state index in [0.29, 0.717) is 11.1 Å². The van der Waals surface area contributed by atoms with Crippen LogP contribution in [0.15, 0.2) is 60.7 Å². The van der Waals surface area contributed by atoms with Crippen molar-refractivity contribution in [3.8, 4) is 0 Å². The minimum atomic E-state index is -1.10. The molecule has 0 saturated heterocycles. The molecule has 0 spiro atoms. The summed E-state index contributed by atoms with van der Waals surface area (Å²) in [6.45, 7) is -0.637. The fourth-order valence-electron chi connectivity index (χ4n) is 3.40. The number of amides is 4. The number of benzene rings is 2. The lowest BCUT2D eigenvalue weighted by Gasteiger charge is -2.18. The summed E-state index contributed by atoms with van der Waals surface area (Å²) in [6, 6.07) is 15.4. The minimum absolute atomic E-state index is 0.0611. The van der Waals surface area contributed by atoms with Crippen LogP contribution in [0.25, 0.3) is 0 Å². The molecule has 0 radical (unpaired) electrons. The Morgan fingerprint density at radius 2 is 1.52 bits per heavy atom. The second-order valence-corrected chi connectivity index (χ2v) is 7.29. The molecule has 3 N–H and O–H groups in total. The number of hydrogen-bond donors (Lipinski definition) is 3. The zero-order valence-corrected chi connectivity index (χ0v) is 17.0. The molecule has 0 aromatic heterocycles. The molecule has 0 aliphatic heterocycles. The zero-order chi connectivity index (χ0) is 22.1. The van der Waals surface area contributed by atoms with Crippen molar-refractivity contribution in [3.05, 3.63) is 71.8 Å². The molecule has 3 rings (SSSR count). The molecule has 0 bridgehead atoms. The van der Waals surface area contributed by atoms with E-state index in [0.717, 1.165) is 25.7 Å². The first kappa shape index (κ1) is 22.0.